The Balaban J connectivity index is 1.85. The van der Waals surface area contributed by atoms with Crippen molar-refractivity contribution < 1.29 is 39.2 Å². The minimum Gasteiger partial charge on any atom is -0.510 e. The second-order valence-electron chi connectivity index (χ2n) is 9.46. The first kappa shape index (κ1) is 25.8. The van der Waals surface area contributed by atoms with Gasteiger partial charge < -0.3 is 31.6 Å². The number of phenolic OH excluding ortho intramolecular Hbond substituents is 1. The van der Waals surface area contributed by atoms with E-state index in [9.17, 15) is 34.4 Å². The van der Waals surface area contributed by atoms with Crippen molar-refractivity contribution in [2.24, 2.45) is 17.6 Å². The third-order valence-electron chi connectivity index (χ3n) is 7.30. The molecule has 0 fully saturated rings. The van der Waals surface area contributed by atoms with E-state index >= 15 is 0 Å². The Morgan fingerprint density at radius 1 is 1.33 bits per heavy atom. The van der Waals surface area contributed by atoms with Gasteiger partial charge in [-0.05, 0) is 50.0 Å². The summed E-state index contributed by atoms with van der Waals surface area (Å²) in [4.78, 5) is 32.2. The zero-order valence-corrected chi connectivity index (χ0v) is 19.8. The van der Waals surface area contributed by atoms with Crippen LogP contribution in [0.5, 0.6) is 5.75 Å². The molecule has 0 unspecified atom stereocenters. The van der Waals surface area contributed by atoms with Gasteiger partial charge in [-0.2, -0.15) is 5.48 Å². The van der Waals surface area contributed by atoms with Crippen LogP contribution in [0.15, 0.2) is 34.8 Å². The van der Waals surface area contributed by atoms with Crippen molar-refractivity contribution in [3.05, 3.63) is 51.5 Å². The lowest BCUT2D eigenvalue weighted by Crippen LogP contribution is -2.63. The number of carbonyl (C=O) groups excluding carboxylic acids is 2. The van der Waals surface area contributed by atoms with Gasteiger partial charge in [0, 0.05) is 18.0 Å². The summed E-state index contributed by atoms with van der Waals surface area (Å²) in [5, 5.41) is 52.9. The molecular weight excluding hydrogens is 475 g/mol. The molecule has 0 heterocycles. The van der Waals surface area contributed by atoms with Crippen LogP contribution >= 0.6 is 0 Å². The number of amides is 1. The SMILES string of the molecule is CN(C)[C@@H]1C(O)=C(C(N)=O)C(=N)[C@@]2(O)C(O)=C3C(=O)c4c(O)ccc(CNOCCF)c4C[C@H]3C[C@@H]12. The average molecular weight is 505 g/mol. The molecule has 1 amide bonds. The number of Topliss-reactive ketones (excluding diaryl/α,β-unsaturated/α-hetero) is 1. The van der Waals surface area contributed by atoms with E-state index in [1.807, 2.05) is 0 Å². The van der Waals surface area contributed by atoms with Crippen molar-refractivity contribution >= 4 is 17.4 Å². The number of rotatable bonds is 7. The molecule has 0 radical (unpaired) electrons. The van der Waals surface area contributed by atoms with Crippen molar-refractivity contribution in [1.82, 2.24) is 10.4 Å². The van der Waals surface area contributed by atoms with E-state index in [1.54, 1.807) is 25.1 Å². The van der Waals surface area contributed by atoms with Crippen molar-refractivity contribution in [2.75, 3.05) is 27.4 Å². The first-order valence-electron chi connectivity index (χ1n) is 11.4. The van der Waals surface area contributed by atoms with Gasteiger partial charge in [0.15, 0.2) is 11.4 Å². The summed E-state index contributed by atoms with van der Waals surface area (Å²) in [5.74, 6) is -5.09. The predicted octanol–water partition coefficient (Wildman–Crippen LogP) is 0.562. The number of nitrogens with one attached hydrogen (secondary N) is 2. The molecule has 0 aromatic heterocycles. The maximum atomic E-state index is 13.6. The van der Waals surface area contributed by atoms with Crippen LogP contribution in [-0.2, 0) is 22.6 Å². The molecule has 11 nitrogen and oxygen atoms in total. The number of halogens is 1. The van der Waals surface area contributed by atoms with Crippen LogP contribution in [0.4, 0.5) is 4.39 Å². The number of alkyl halides is 1. The molecule has 36 heavy (non-hydrogen) atoms. The number of ketones is 1. The molecule has 1 aromatic rings. The Labute approximate surface area is 206 Å². The summed E-state index contributed by atoms with van der Waals surface area (Å²) in [6, 6.07) is 1.94. The largest absolute Gasteiger partial charge is 0.510 e. The summed E-state index contributed by atoms with van der Waals surface area (Å²) in [7, 11) is 3.21. The fourth-order valence-electron chi connectivity index (χ4n) is 5.77. The van der Waals surface area contributed by atoms with Crippen LogP contribution in [0.3, 0.4) is 0 Å². The number of aliphatic hydroxyl groups excluding tert-OH is 2. The number of aliphatic hydroxyl groups is 3. The first-order valence-corrected chi connectivity index (χ1v) is 11.4. The van der Waals surface area contributed by atoms with E-state index in [0.29, 0.717) is 11.1 Å². The fraction of sp³-hybridized carbons (Fsp3) is 0.458. The van der Waals surface area contributed by atoms with Crippen molar-refractivity contribution in [3.8, 4) is 5.75 Å². The van der Waals surface area contributed by atoms with E-state index < -0.39 is 64.6 Å². The van der Waals surface area contributed by atoms with Gasteiger partial charge in [-0.25, -0.2) is 4.39 Å². The number of fused-ring (bicyclic) bond motifs is 3. The Morgan fingerprint density at radius 2 is 2.03 bits per heavy atom. The normalized spacial score (nSPS) is 27.8. The second kappa shape index (κ2) is 9.28. The van der Waals surface area contributed by atoms with Crippen LogP contribution in [0.1, 0.15) is 27.9 Å². The quantitative estimate of drug-likeness (QED) is 0.205. The van der Waals surface area contributed by atoms with E-state index in [4.69, 9.17) is 16.0 Å². The third-order valence-corrected chi connectivity index (χ3v) is 7.30. The third kappa shape index (κ3) is 3.68. The predicted molar refractivity (Wildman–Crippen MR) is 125 cm³/mol. The highest BCUT2D eigenvalue weighted by Crippen LogP contribution is 2.52. The van der Waals surface area contributed by atoms with Crippen LogP contribution in [0.25, 0.3) is 0 Å². The molecule has 0 saturated heterocycles. The zero-order valence-electron chi connectivity index (χ0n) is 19.8. The lowest BCUT2D eigenvalue weighted by molar-refractivity contribution is -0.114. The number of allylic oxidation sites excluding steroid dienone is 1. The molecular formula is C24H29FN4O7. The number of hydrogen-bond donors (Lipinski definition) is 7. The van der Waals surface area contributed by atoms with Gasteiger partial charge in [0.25, 0.3) is 5.91 Å². The highest BCUT2D eigenvalue weighted by atomic mass is 19.1. The minimum atomic E-state index is -2.46. The number of hydrogen-bond acceptors (Lipinski definition) is 10. The average Bonchev–Trinajstić information content (AvgIpc) is 2.80. The molecule has 4 rings (SSSR count). The number of likely N-dealkylation sites (N-methyl/N-ethyl adjacent to an activating group) is 1. The fourth-order valence-corrected chi connectivity index (χ4v) is 5.77. The first-order chi connectivity index (χ1) is 17.0. The molecule has 3 aliphatic rings. The van der Waals surface area contributed by atoms with Crippen molar-refractivity contribution in [2.45, 2.75) is 31.0 Å². The molecule has 1 aromatic carbocycles. The van der Waals surface area contributed by atoms with Gasteiger partial charge in [-0.1, -0.05) is 6.07 Å². The van der Waals surface area contributed by atoms with E-state index in [1.165, 1.54) is 6.07 Å². The Morgan fingerprint density at radius 3 is 2.64 bits per heavy atom. The topological polar surface area (TPSA) is 189 Å². The van der Waals surface area contributed by atoms with Crippen LogP contribution < -0.4 is 11.2 Å². The molecule has 4 atom stereocenters. The van der Waals surface area contributed by atoms with Gasteiger partial charge in [-0.3, -0.25) is 19.3 Å². The van der Waals surface area contributed by atoms with E-state index in [2.05, 4.69) is 5.48 Å². The highest BCUT2D eigenvalue weighted by molar-refractivity contribution is 6.26. The summed E-state index contributed by atoms with van der Waals surface area (Å²) < 4.78 is 12.3. The Hall–Kier alpha value is -3.32. The summed E-state index contributed by atoms with van der Waals surface area (Å²) in [6.45, 7) is -0.720. The van der Waals surface area contributed by atoms with Gasteiger partial charge in [0.2, 0.25) is 0 Å². The maximum Gasteiger partial charge on any atom is 0.254 e. The maximum absolute atomic E-state index is 13.6. The molecule has 194 valence electrons. The van der Waals surface area contributed by atoms with Gasteiger partial charge >= 0.3 is 0 Å². The molecule has 3 aliphatic carbocycles. The smallest absolute Gasteiger partial charge is 0.254 e. The van der Waals surface area contributed by atoms with Gasteiger partial charge in [-0.15, -0.1) is 0 Å². The lowest BCUT2D eigenvalue weighted by atomic mass is 9.58. The Bertz CT molecular complexity index is 1210. The second-order valence-corrected chi connectivity index (χ2v) is 9.46. The number of hydroxylamine groups is 1. The van der Waals surface area contributed by atoms with Crippen LogP contribution in [0, 0.1) is 17.2 Å². The Kier molecular flexibility index (Phi) is 6.64. The number of benzene rings is 1. The van der Waals surface area contributed by atoms with Gasteiger partial charge in [0.05, 0.1) is 23.9 Å². The molecule has 8 N–H and O–H groups in total. The molecule has 0 bridgehead atoms. The van der Waals surface area contributed by atoms with Crippen molar-refractivity contribution in [1.29, 1.82) is 5.41 Å². The molecule has 12 heteroatoms. The van der Waals surface area contributed by atoms with Crippen LogP contribution in [-0.4, -0.2) is 81.7 Å². The van der Waals surface area contributed by atoms with Crippen LogP contribution in [0.2, 0.25) is 0 Å². The standard InChI is InChI=1S/C24H29FN4O7/c1-29(2)18-13-8-11-7-12-10(9-28-36-6-5-25)3-4-14(30)16(12)19(31)15(11)22(33)24(13,35)21(26)17(20(18)32)23(27)34/h3-4,11,13,18,26,28,30,32-33,35H,5-9H2,1-2H3,(H2,27,34)/t11-,13-,18-,24+/m0/s1. The number of nitrogens with two attached hydrogens (primary N) is 1. The van der Waals surface area contributed by atoms with E-state index in [-0.39, 0.29) is 42.9 Å². The summed E-state index contributed by atoms with van der Waals surface area (Å²) >= 11 is 0. The zero-order chi connectivity index (χ0) is 26.5. The number of aromatic hydroxyl groups is 1. The number of phenols is 1. The number of carbonyl (C=O) groups is 2. The number of primary amides is 1. The monoisotopic (exact) mass is 504 g/mol. The number of nitrogens with zero attached hydrogens (tertiary/aromatic N) is 1. The summed E-state index contributed by atoms with van der Waals surface area (Å²) in [6.07, 6.45) is 0.269. The van der Waals surface area contributed by atoms with E-state index in [0.717, 1.165) is 0 Å². The molecule has 0 spiro atoms. The van der Waals surface area contributed by atoms with Gasteiger partial charge in [0.1, 0.15) is 29.5 Å². The highest BCUT2D eigenvalue weighted by Gasteiger charge is 2.61. The minimum absolute atomic E-state index is 0.0559. The molecule has 0 aliphatic heterocycles. The van der Waals surface area contributed by atoms with Crippen molar-refractivity contribution in [3.63, 3.8) is 0 Å². The summed E-state index contributed by atoms with van der Waals surface area (Å²) in [5.41, 5.74) is 5.05. The molecule has 0 saturated carbocycles. The lowest BCUT2D eigenvalue weighted by Gasteiger charge is -2.51.